The molecule has 0 N–H and O–H groups in total. The number of carbonyl (C=O) groups excluding carboxylic acids is 1. The molecule has 1 aromatic carbocycles. The van der Waals surface area contributed by atoms with Crippen molar-refractivity contribution in [2.75, 3.05) is 26.2 Å². The number of benzene rings is 1. The van der Waals surface area contributed by atoms with E-state index in [1.165, 1.54) is 31.6 Å². The maximum absolute atomic E-state index is 12.3. The summed E-state index contributed by atoms with van der Waals surface area (Å²) in [5.41, 5.74) is 0.656. The van der Waals surface area contributed by atoms with Crippen molar-refractivity contribution < 1.29 is 23.7 Å². The molecular weight excluding hydrogens is 250 g/mol. The monoisotopic (exact) mass is 265 g/mol. The van der Waals surface area contributed by atoms with Gasteiger partial charge in [0.05, 0.1) is 7.11 Å². The quantitative estimate of drug-likeness (QED) is 0.772. The molecule has 0 atom stereocenters. The average Bonchev–Trinajstić information content (AvgIpc) is 2.48. The Labute approximate surface area is 111 Å². The van der Waals surface area contributed by atoms with Crippen molar-refractivity contribution in [2.45, 2.75) is 5.97 Å². The molecule has 0 saturated carbocycles. The predicted molar refractivity (Wildman–Crippen MR) is 67.5 cm³/mol. The molecule has 0 unspecified atom stereocenters. The number of amides is 1. The summed E-state index contributed by atoms with van der Waals surface area (Å²) in [6, 6.07) is 7.02. The Morgan fingerprint density at radius 1 is 1.11 bits per heavy atom. The zero-order chi connectivity index (χ0) is 13.9. The topological polar surface area (TPSA) is 57.2 Å². The molecule has 0 bridgehead atoms. The Hall–Kier alpha value is -2.05. The second-order valence-corrected chi connectivity index (χ2v) is 3.74. The van der Waals surface area contributed by atoms with Crippen molar-refractivity contribution in [3.05, 3.63) is 36.7 Å². The standard InChI is InChI=1S/C13H15NO5/c1-16-11-6-4-10(5-7-11)14-8-9-19-13(17-2,18-3)12(14)15/h4-9H,1-3H3. The van der Waals surface area contributed by atoms with Gasteiger partial charge in [-0.15, -0.1) is 0 Å². The van der Waals surface area contributed by atoms with E-state index < -0.39 is 11.9 Å². The van der Waals surface area contributed by atoms with Crippen LogP contribution in [0.1, 0.15) is 0 Å². The smallest absolute Gasteiger partial charge is 0.412 e. The molecular formula is C13H15NO5. The van der Waals surface area contributed by atoms with Crippen LogP contribution in [0.3, 0.4) is 0 Å². The predicted octanol–water partition coefficient (Wildman–Crippen LogP) is 1.48. The summed E-state index contributed by atoms with van der Waals surface area (Å²) >= 11 is 0. The van der Waals surface area contributed by atoms with Crippen LogP contribution in [0.2, 0.25) is 0 Å². The van der Waals surface area contributed by atoms with Crippen LogP contribution in [0.15, 0.2) is 36.7 Å². The number of hydrogen-bond donors (Lipinski definition) is 0. The van der Waals surface area contributed by atoms with Crippen LogP contribution < -0.4 is 9.64 Å². The van der Waals surface area contributed by atoms with E-state index in [-0.39, 0.29) is 0 Å². The molecule has 19 heavy (non-hydrogen) atoms. The first-order valence-corrected chi connectivity index (χ1v) is 5.59. The number of methoxy groups -OCH3 is 3. The van der Waals surface area contributed by atoms with E-state index in [0.29, 0.717) is 11.4 Å². The zero-order valence-electron chi connectivity index (χ0n) is 11.0. The van der Waals surface area contributed by atoms with Gasteiger partial charge in [0, 0.05) is 26.1 Å². The summed E-state index contributed by atoms with van der Waals surface area (Å²) in [4.78, 5) is 13.7. The van der Waals surface area contributed by atoms with Gasteiger partial charge in [0.1, 0.15) is 12.0 Å². The highest BCUT2D eigenvalue weighted by Gasteiger charge is 2.47. The normalized spacial score (nSPS) is 17.2. The van der Waals surface area contributed by atoms with Crippen LogP contribution in [0.25, 0.3) is 0 Å². The summed E-state index contributed by atoms with van der Waals surface area (Å²) in [6.07, 6.45) is 2.85. The molecule has 0 aromatic heterocycles. The van der Waals surface area contributed by atoms with Gasteiger partial charge in [0.25, 0.3) is 0 Å². The Kier molecular flexibility index (Phi) is 3.73. The molecule has 1 amide bonds. The minimum absolute atomic E-state index is 0.467. The lowest BCUT2D eigenvalue weighted by Crippen LogP contribution is -2.53. The molecule has 1 aromatic rings. The van der Waals surface area contributed by atoms with Crippen LogP contribution >= 0.6 is 0 Å². The molecule has 6 nitrogen and oxygen atoms in total. The maximum Gasteiger partial charge on any atom is 0.412 e. The Morgan fingerprint density at radius 3 is 2.26 bits per heavy atom. The molecule has 1 aliphatic rings. The van der Waals surface area contributed by atoms with E-state index in [1.807, 2.05) is 0 Å². The highest BCUT2D eigenvalue weighted by molar-refractivity contribution is 5.99. The van der Waals surface area contributed by atoms with E-state index >= 15 is 0 Å². The lowest BCUT2D eigenvalue weighted by Gasteiger charge is -2.34. The maximum atomic E-state index is 12.3. The molecule has 1 heterocycles. The highest BCUT2D eigenvalue weighted by atomic mass is 16.9. The van der Waals surface area contributed by atoms with Crippen LogP contribution in [-0.2, 0) is 19.0 Å². The number of hydrogen-bond acceptors (Lipinski definition) is 5. The molecule has 0 aliphatic carbocycles. The lowest BCUT2D eigenvalue weighted by atomic mass is 10.2. The van der Waals surface area contributed by atoms with Gasteiger partial charge >= 0.3 is 11.9 Å². The van der Waals surface area contributed by atoms with Crippen molar-refractivity contribution >= 4 is 11.6 Å². The minimum Gasteiger partial charge on any atom is -0.497 e. The third kappa shape index (κ3) is 2.27. The molecule has 1 aliphatic heterocycles. The van der Waals surface area contributed by atoms with E-state index in [9.17, 15) is 4.79 Å². The molecule has 2 rings (SSSR count). The second-order valence-electron chi connectivity index (χ2n) is 3.74. The van der Waals surface area contributed by atoms with Gasteiger partial charge < -0.3 is 18.9 Å². The summed E-state index contributed by atoms with van der Waals surface area (Å²) in [6.45, 7) is 0. The van der Waals surface area contributed by atoms with Gasteiger partial charge in [-0.2, -0.15) is 0 Å². The van der Waals surface area contributed by atoms with Gasteiger partial charge in [-0.1, -0.05) is 0 Å². The van der Waals surface area contributed by atoms with Crippen molar-refractivity contribution in [1.29, 1.82) is 0 Å². The fourth-order valence-corrected chi connectivity index (χ4v) is 1.75. The van der Waals surface area contributed by atoms with Gasteiger partial charge in [-0.25, -0.2) is 0 Å². The Bertz CT molecular complexity index is 478. The Morgan fingerprint density at radius 2 is 1.74 bits per heavy atom. The number of nitrogens with zero attached hydrogens (tertiary/aromatic N) is 1. The molecule has 0 radical (unpaired) electrons. The summed E-state index contributed by atoms with van der Waals surface area (Å²) in [5, 5.41) is 0. The first-order chi connectivity index (χ1) is 9.16. The Balaban J connectivity index is 2.31. The van der Waals surface area contributed by atoms with Crippen LogP contribution in [0, 0.1) is 0 Å². The summed E-state index contributed by atoms with van der Waals surface area (Å²) < 4.78 is 20.3. The van der Waals surface area contributed by atoms with E-state index in [4.69, 9.17) is 18.9 Å². The van der Waals surface area contributed by atoms with Gasteiger partial charge in [0.15, 0.2) is 0 Å². The summed E-state index contributed by atoms with van der Waals surface area (Å²) in [5.74, 6) is -1.50. The van der Waals surface area contributed by atoms with E-state index in [0.717, 1.165) is 0 Å². The van der Waals surface area contributed by atoms with E-state index in [2.05, 4.69) is 0 Å². The molecule has 6 heteroatoms. The SMILES string of the molecule is COc1ccc(N2C=COC(OC)(OC)C2=O)cc1. The third-order valence-corrected chi connectivity index (χ3v) is 2.80. The second kappa shape index (κ2) is 5.29. The van der Waals surface area contributed by atoms with Gasteiger partial charge in [-0.05, 0) is 24.3 Å². The average molecular weight is 265 g/mol. The fraction of sp³-hybridized carbons (Fsp3) is 0.308. The number of carbonyl (C=O) groups is 1. The third-order valence-electron chi connectivity index (χ3n) is 2.80. The number of rotatable bonds is 4. The zero-order valence-corrected chi connectivity index (χ0v) is 11.0. The molecule has 0 saturated heterocycles. The largest absolute Gasteiger partial charge is 0.497 e. The van der Waals surface area contributed by atoms with Crippen LogP contribution in [0.4, 0.5) is 5.69 Å². The number of ether oxygens (including phenoxy) is 4. The molecule has 0 spiro atoms. The van der Waals surface area contributed by atoms with Gasteiger partial charge in [0.2, 0.25) is 0 Å². The van der Waals surface area contributed by atoms with E-state index in [1.54, 1.807) is 31.4 Å². The van der Waals surface area contributed by atoms with Crippen LogP contribution in [-0.4, -0.2) is 33.2 Å². The number of anilines is 1. The first-order valence-electron chi connectivity index (χ1n) is 5.59. The van der Waals surface area contributed by atoms with Crippen molar-refractivity contribution in [3.8, 4) is 5.75 Å². The van der Waals surface area contributed by atoms with Crippen molar-refractivity contribution in [2.24, 2.45) is 0 Å². The van der Waals surface area contributed by atoms with Crippen molar-refractivity contribution in [3.63, 3.8) is 0 Å². The minimum atomic E-state index is -1.74. The first kappa shape index (κ1) is 13.4. The molecule has 0 fully saturated rings. The summed E-state index contributed by atoms with van der Waals surface area (Å²) in [7, 11) is 4.26. The van der Waals surface area contributed by atoms with Crippen molar-refractivity contribution in [1.82, 2.24) is 0 Å². The highest BCUT2D eigenvalue weighted by Crippen LogP contribution is 2.28. The fourth-order valence-electron chi connectivity index (χ4n) is 1.75. The lowest BCUT2D eigenvalue weighted by molar-refractivity contribution is -0.317. The van der Waals surface area contributed by atoms with Gasteiger partial charge in [-0.3, -0.25) is 9.69 Å². The molecule has 102 valence electrons. The van der Waals surface area contributed by atoms with Crippen LogP contribution in [0.5, 0.6) is 5.75 Å².